The van der Waals surface area contributed by atoms with Crippen LogP contribution in [0.1, 0.15) is 73.0 Å². The number of fused-ring (bicyclic) bond motifs is 1. The highest BCUT2D eigenvalue weighted by Gasteiger charge is 2.43. The van der Waals surface area contributed by atoms with Crippen molar-refractivity contribution in [2.75, 3.05) is 26.7 Å². The van der Waals surface area contributed by atoms with Gasteiger partial charge in [-0.15, -0.1) is 21.5 Å². The van der Waals surface area contributed by atoms with E-state index in [-0.39, 0.29) is 48.4 Å². The number of phenolic OH excluding ortho intramolecular Hbond substituents is 1. The number of aromatic hydroxyl groups is 1. The van der Waals surface area contributed by atoms with E-state index in [2.05, 4.69) is 65.9 Å². The fourth-order valence-electron chi connectivity index (χ4n) is 8.19. The van der Waals surface area contributed by atoms with Crippen LogP contribution >= 0.6 is 11.3 Å². The first-order valence-electron chi connectivity index (χ1n) is 21.2. The first kappa shape index (κ1) is 43.2. The predicted molar refractivity (Wildman–Crippen MR) is 241 cm³/mol. The summed E-state index contributed by atoms with van der Waals surface area (Å²) in [6, 6.07) is 28.1. The number of benzene rings is 3. The second-order valence-electron chi connectivity index (χ2n) is 16.7. The van der Waals surface area contributed by atoms with Gasteiger partial charge in [0.05, 0.1) is 33.9 Å². The normalized spacial score (nSPS) is 16.2. The Morgan fingerprint density at radius 1 is 1.02 bits per heavy atom. The van der Waals surface area contributed by atoms with E-state index in [1.165, 1.54) is 4.90 Å². The molecule has 326 valence electrons. The van der Waals surface area contributed by atoms with Gasteiger partial charge in [-0.2, -0.15) is 0 Å². The largest absolute Gasteiger partial charge is 0.507 e. The Hall–Kier alpha value is -6.42. The number of likely N-dealkylation sites (N-methyl/N-ethyl adjacent to an activating group) is 1. The Balaban J connectivity index is 0.818. The molecule has 0 saturated carbocycles. The molecule has 8 rings (SSSR count). The van der Waals surface area contributed by atoms with Gasteiger partial charge >= 0.3 is 0 Å². The van der Waals surface area contributed by atoms with Crippen LogP contribution in [0.25, 0.3) is 32.7 Å². The summed E-state index contributed by atoms with van der Waals surface area (Å²) in [4.78, 5) is 40.3. The SMILES string of the molecule is Cc1ncsc1-c1ccc([C@H](C)NC(=O)[C@@H]2C[C@@H](O)CN2C(=O)[C@@H](c2cc(OCCN(C)Cc3ccc(Cc4cc5cc(-c6ccccc6O)nnc5[nH]4)cc3)no2)C(C)C)cc1. The Labute approximate surface area is 369 Å². The van der Waals surface area contributed by atoms with Crippen LogP contribution in [0.2, 0.25) is 0 Å². The van der Waals surface area contributed by atoms with Gasteiger partial charge in [-0.05, 0) is 78.5 Å². The number of aromatic amines is 1. The number of nitrogens with one attached hydrogen (secondary N) is 2. The minimum absolute atomic E-state index is 0.0489. The average Bonchev–Trinajstić information content (AvgIpc) is 4.08. The van der Waals surface area contributed by atoms with Crippen molar-refractivity contribution in [1.29, 1.82) is 0 Å². The van der Waals surface area contributed by atoms with E-state index >= 15 is 0 Å². The summed E-state index contributed by atoms with van der Waals surface area (Å²) < 4.78 is 11.7. The van der Waals surface area contributed by atoms with Crippen LogP contribution in [0.4, 0.5) is 0 Å². The van der Waals surface area contributed by atoms with Gasteiger partial charge in [0.15, 0.2) is 11.4 Å². The van der Waals surface area contributed by atoms with Gasteiger partial charge in [0.25, 0.3) is 5.88 Å². The Morgan fingerprint density at radius 3 is 2.51 bits per heavy atom. The van der Waals surface area contributed by atoms with E-state index in [0.29, 0.717) is 48.8 Å². The standard InChI is InChI=1S/C48H52N8O6S/c1-28(2)44(48(60)56-26-37(57)23-40(56)47(59)50-29(3)33-14-16-34(17-15-33)45-30(4)49-27-63-45)42-24-43(54-62-42)61-19-18-55(5)25-32-12-10-31(11-13-32)20-36-21-35-22-39(52-53-46(35)51-36)38-8-6-7-9-41(38)58/h6-17,21-22,24,27-29,37,40,44,57-58H,18-20,23,25-26H2,1-5H3,(H,50,59)(H,51,53)/t29-,37+,40-,44+/m0/s1. The number of hydrogen-bond acceptors (Lipinski definition) is 12. The van der Waals surface area contributed by atoms with Gasteiger partial charge in [0.2, 0.25) is 11.8 Å². The highest BCUT2D eigenvalue weighted by atomic mass is 32.1. The van der Waals surface area contributed by atoms with Crippen LogP contribution in [0.5, 0.6) is 11.6 Å². The zero-order valence-electron chi connectivity index (χ0n) is 36.0. The van der Waals surface area contributed by atoms with Gasteiger partial charge in [-0.25, -0.2) is 4.98 Å². The molecule has 4 N–H and O–H groups in total. The molecule has 0 aliphatic carbocycles. The molecule has 15 heteroatoms. The van der Waals surface area contributed by atoms with Crippen molar-refractivity contribution < 1.29 is 29.1 Å². The fourth-order valence-corrected chi connectivity index (χ4v) is 9.00. The molecule has 14 nitrogen and oxygen atoms in total. The maximum atomic E-state index is 14.2. The molecule has 5 heterocycles. The third kappa shape index (κ3) is 9.96. The lowest BCUT2D eigenvalue weighted by Crippen LogP contribution is -2.48. The number of aryl methyl sites for hydroxylation is 1. The molecule has 4 aromatic heterocycles. The zero-order valence-corrected chi connectivity index (χ0v) is 36.8. The lowest BCUT2D eigenvalue weighted by molar-refractivity contribution is -0.141. The molecule has 2 amide bonds. The molecule has 1 aliphatic rings. The number of hydrogen-bond donors (Lipinski definition) is 4. The minimum atomic E-state index is -0.831. The monoisotopic (exact) mass is 868 g/mol. The average molecular weight is 869 g/mol. The van der Waals surface area contributed by atoms with Crippen LogP contribution in [0.15, 0.2) is 101 Å². The number of aromatic nitrogens is 5. The summed E-state index contributed by atoms with van der Waals surface area (Å²) >= 11 is 1.59. The first-order chi connectivity index (χ1) is 30.4. The molecule has 1 saturated heterocycles. The second kappa shape index (κ2) is 18.9. The second-order valence-corrected chi connectivity index (χ2v) is 17.6. The number of amides is 2. The van der Waals surface area contributed by atoms with Crippen LogP contribution in [0, 0.1) is 12.8 Å². The van der Waals surface area contributed by atoms with E-state index in [9.17, 15) is 19.8 Å². The van der Waals surface area contributed by atoms with Crippen molar-refractivity contribution in [3.05, 3.63) is 130 Å². The molecule has 0 radical (unpaired) electrons. The number of H-pyrrole nitrogens is 1. The summed E-state index contributed by atoms with van der Waals surface area (Å²) in [6.07, 6.45) is 0.0222. The van der Waals surface area contributed by atoms with Gasteiger partial charge in [0, 0.05) is 55.2 Å². The zero-order chi connectivity index (χ0) is 44.2. The van der Waals surface area contributed by atoms with Gasteiger partial charge in [-0.3, -0.25) is 14.5 Å². The quantitative estimate of drug-likeness (QED) is 0.0758. The van der Waals surface area contributed by atoms with Crippen LogP contribution < -0.4 is 10.1 Å². The number of β-amino-alcohol motifs (C(OH)–C–C–N with tert-alkyl or cyclic N) is 1. The molecule has 0 unspecified atom stereocenters. The molecular formula is C48H52N8O6S. The highest BCUT2D eigenvalue weighted by molar-refractivity contribution is 7.13. The number of nitrogens with zero attached hydrogens (tertiary/aromatic N) is 6. The van der Waals surface area contributed by atoms with Crippen molar-refractivity contribution in [1.82, 2.24) is 40.4 Å². The molecule has 4 atom stereocenters. The Morgan fingerprint density at radius 2 is 1.78 bits per heavy atom. The molecule has 63 heavy (non-hydrogen) atoms. The summed E-state index contributed by atoms with van der Waals surface area (Å²) in [6.45, 7) is 9.45. The molecular weight excluding hydrogens is 817 g/mol. The van der Waals surface area contributed by atoms with Crippen LogP contribution in [-0.4, -0.2) is 96.0 Å². The van der Waals surface area contributed by atoms with E-state index in [1.54, 1.807) is 29.5 Å². The van der Waals surface area contributed by atoms with Crippen molar-refractivity contribution >= 4 is 34.2 Å². The van der Waals surface area contributed by atoms with Crippen molar-refractivity contribution in [3.63, 3.8) is 0 Å². The number of likely N-dealkylation sites (tertiary alicyclic amines) is 1. The number of ether oxygens (including phenoxy) is 1. The van der Waals surface area contributed by atoms with E-state index < -0.39 is 18.1 Å². The van der Waals surface area contributed by atoms with Gasteiger partial charge < -0.3 is 34.7 Å². The Bertz CT molecular complexity index is 2680. The van der Waals surface area contributed by atoms with Crippen LogP contribution in [-0.2, 0) is 22.6 Å². The summed E-state index contributed by atoms with van der Waals surface area (Å²) in [5, 5.41) is 37.7. The lowest BCUT2D eigenvalue weighted by atomic mass is 9.91. The van der Waals surface area contributed by atoms with E-state index in [0.717, 1.165) is 43.9 Å². The molecule has 0 bridgehead atoms. The van der Waals surface area contributed by atoms with Gasteiger partial charge in [0.1, 0.15) is 24.3 Å². The maximum Gasteiger partial charge on any atom is 0.254 e. The molecule has 7 aromatic rings. The molecule has 3 aromatic carbocycles. The third-order valence-corrected chi connectivity index (χ3v) is 12.6. The maximum absolute atomic E-state index is 14.2. The Kier molecular flexibility index (Phi) is 13.0. The van der Waals surface area contributed by atoms with Crippen LogP contribution in [0.3, 0.4) is 0 Å². The minimum Gasteiger partial charge on any atom is -0.507 e. The van der Waals surface area contributed by atoms with Crippen molar-refractivity contribution in [3.8, 4) is 33.3 Å². The van der Waals surface area contributed by atoms with Crippen molar-refractivity contribution in [2.45, 2.75) is 71.2 Å². The molecule has 0 spiro atoms. The van der Waals surface area contributed by atoms with Gasteiger partial charge in [-0.1, -0.05) is 74.5 Å². The fraction of sp³-hybridized carbons (Fsp3) is 0.333. The number of aliphatic hydroxyl groups is 1. The lowest BCUT2D eigenvalue weighted by Gasteiger charge is -2.29. The topological polar surface area (TPSA) is 183 Å². The summed E-state index contributed by atoms with van der Waals surface area (Å²) in [5.74, 6) is -0.738. The summed E-state index contributed by atoms with van der Waals surface area (Å²) in [7, 11) is 2.02. The number of carbonyl (C=O) groups is 2. The highest BCUT2D eigenvalue weighted by Crippen LogP contribution is 2.34. The number of phenols is 1. The number of rotatable bonds is 16. The van der Waals surface area contributed by atoms with E-state index in [1.807, 2.05) is 82.7 Å². The predicted octanol–water partition coefficient (Wildman–Crippen LogP) is 7.43. The summed E-state index contributed by atoms with van der Waals surface area (Å²) in [5.41, 5.74) is 10.1. The van der Waals surface area contributed by atoms with Crippen molar-refractivity contribution in [2.24, 2.45) is 5.92 Å². The smallest absolute Gasteiger partial charge is 0.254 e. The number of para-hydroxylation sites is 1. The molecule has 1 aliphatic heterocycles. The number of carbonyl (C=O) groups excluding carboxylic acids is 2. The first-order valence-corrected chi connectivity index (χ1v) is 22.1. The van der Waals surface area contributed by atoms with E-state index in [4.69, 9.17) is 9.26 Å². The number of aliphatic hydroxyl groups excluding tert-OH is 1. The molecule has 1 fully saturated rings. The third-order valence-electron chi connectivity index (χ3n) is 11.6. The number of thiazole rings is 1.